The lowest BCUT2D eigenvalue weighted by Crippen LogP contribution is -2.10. The number of thiophene rings is 1. The van der Waals surface area contributed by atoms with Gasteiger partial charge in [0.05, 0.1) is 10.6 Å². The topological polar surface area (TPSA) is 74.2 Å². The van der Waals surface area contributed by atoms with Gasteiger partial charge in [-0.15, -0.1) is 22.7 Å². The maximum absolute atomic E-state index is 12.4. The van der Waals surface area contributed by atoms with E-state index in [-0.39, 0.29) is 12.5 Å². The minimum Gasteiger partial charge on any atom is -0.396 e. The van der Waals surface area contributed by atoms with Crippen LogP contribution in [0.25, 0.3) is 0 Å². The number of hydrogen-bond acceptors (Lipinski definition) is 6. The van der Waals surface area contributed by atoms with Gasteiger partial charge >= 0.3 is 0 Å². The zero-order valence-electron chi connectivity index (χ0n) is 15.2. The fraction of sp³-hybridized carbons (Fsp3) is 0.300. The molecular weight excluding hydrogens is 378 g/mol. The molecule has 0 aliphatic heterocycles. The summed E-state index contributed by atoms with van der Waals surface area (Å²) in [5, 5.41) is 17.7. The number of hydrogen-bond donors (Lipinski definition) is 3. The molecule has 0 aliphatic rings. The molecule has 0 atom stereocenters. The molecule has 0 radical (unpaired) electrons. The first-order valence-electron chi connectivity index (χ1n) is 8.96. The van der Waals surface area contributed by atoms with Crippen LogP contribution in [-0.2, 0) is 19.4 Å². The third kappa shape index (κ3) is 5.38. The van der Waals surface area contributed by atoms with Gasteiger partial charge in [0.1, 0.15) is 0 Å². The second-order valence-corrected chi connectivity index (χ2v) is 8.12. The van der Waals surface area contributed by atoms with Crippen molar-refractivity contribution in [3.63, 3.8) is 0 Å². The number of amides is 1. The Kier molecular flexibility index (Phi) is 6.98. The van der Waals surface area contributed by atoms with Crippen LogP contribution in [0.3, 0.4) is 0 Å². The summed E-state index contributed by atoms with van der Waals surface area (Å²) in [7, 11) is 0. The number of nitrogens with one attached hydrogen (secondary N) is 2. The van der Waals surface area contributed by atoms with E-state index in [1.54, 1.807) is 0 Å². The second kappa shape index (κ2) is 9.64. The van der Waals surface area contributed by atoms with Crippen molar-refractivity contribution in [1.82, 2.24) is 4.98 Å². The van der Waals surface area contributed by atoms with Crippen LogP contribution in [-0.4, -0.2) is 22.6 Å². The lowest BCUT2D eigenvalue weighted by atomic mass is 10.1. The van der Waals surface area contributed by atoms with Gasteiger partial charge in [-0.1, -0.05) is 31.5 Å². The van der Waals surface area contributed by atoms with Crippen molar-refractivity contribution in [1.29, 1.82) is 0 Å². The molecule has 0 unspecified atom stereocenters. The van der Waals surface area contributed by atoms with Crippen LogP contribution in [0.5, 0.6) is 0 Å². The van der Waals surface area contributed by atoms with Crippen molar-refractivity contribution in [2.24, 2.45) is 0 Å². The Morgan fingerprint density at radius 2 is 2.04 bits per heavy atom. The van der Waals surface area contributed by atoms with E-state index in [9.17, 15) is 4.79 Å². The van der Waals surface area contributed by atoms with E-state index in [1.807, 2.05) is 23.6 Å². The highest BCUT2D eigenvalue weighted by molar-refractivity contribution is 7.15. The molecule has 0 aliphatic carbocycles. The first-order chi connectivity index (χ1) is 13.2. The number of thiazole rings is 1. The van der Waals surface area contributed by atoms with Crippen molar-refractivity contribution in [3.05, 3.63) is 62.8 Å². The molecule has 0 bridgehead atoms. The average molecular weight is 402 g/mol. The molecule has 2 aromatic heterocycles. The number of rotatable bonds is 9. The number of anilines is 2. The van der Waals surface area contributed by atoms with E-state index in [2.05, 4.69) is 40.7 Å². The number of carbonyl (C=O) groups is 1. The van der Waals surface area contributed by atoms with E-state index in [0.29, 0.717) is 23.0 Å². The van der Waals surface area contributed by atoms with Gasteiger partial charge in [-0.25, -0.2) is 4.98 Å². The smallest absolute Gasteiger partial charge is 0.267 e. The molecule has 1 aromatic carbocycles. The molecule has 0 spiro atoms. The van der Waals surface area contributed by atoms with Gasteiger partial charge in [0.15, 0.2) is 5.13 Å². The first-order valence-corrected chi connectivity index (χ1v) is 10.7. The highest BCUT2D eigenvalue weighted by Crippen LogP contribution is 2.23. The highest BCUT2D eigenvalue weighted by Gasteiger charge is 2.12. The summed E-state index contributed by atoms with van der Waals surface area (Å²) < 4.78 is 0. The summed E-state index contributed by atoms with van der Waals surface area (Å²) in [6.07, 6.45) is 2.66. The standard InChI is InChI=1S/C20H23N3O2S2/c1-2-5-14-6-3-4-7-17(14)21-12-16-8-9-18(27-16)19(25)23-20-22-15(10-11-24)13-26-20/h3-4,6-9,13,21,24H,2,5,10-12H2,1H3,(H,22,23,25). The van der Waals surface area contributed by atoms with Crippen molar-refractivity contribution in [2.75, 3.05) is 17.2 Å². The van der Waals surface area contributed by atoms with E-state index in [4.69, 9.17) is 5.11 Å². The van der Waals surface area contributed by atoms with Crippen LogP contribution in [0, 0.1) is 0 Å². The van der Waals surface area contributed by atoms with Crippen LogP contribution in [0.2, 0.25) is 0 Å². The molecule has 5 nitrogen and oxygen atoms in total. The maximum atomic E-state index is 12.4. The van der Waals surface area contributed by atoms with Crippen molar-refractivity contribution < 1.29 is 9.90 Å². The molecule has 3 N–H and O–H groups in total. The van der Waals surface area contributed by atoms with Gasteiger partial charge in [-0.05, 0) is 30.2 Å². The number of benzene rings is 1. The number of aromatic nitrogens is 1. The molecule has 3 rings (SSSR count). The van der Waals surface area contributed by atoms with E-state index < -0.39 is 0 Å². The monoisotopic (exact) mass is 401 g/mol. The number of carbonyl (C=O) groups excluding carboxylic acids is 1. The van der Waals surface area contributed by atoms with Gasteiger partial charge in [-0.3, -0.25) is 10.1 Å². The third-order valence-electron chi connectivity index (χ3n) is 4.02. The van der Waals surface area contributed by atoms with Crippen molar-refractivity contribution >= 4 is 39.4 Å². The van der Waals surface area contributed by atoms with Gasteiger partial charge in [0.25, 0.3) is 5.91 Å². The largest absolute Gasteiger partial charge is 0.396 e. The number of nitrogens with zero attached hydrogens (tertiary/aromatic N) is 1. The average Bonchev–Trinajstić information content (AvgIpc) is 3.31. The predicted molar refractivity (Wildman–Crippen MR) is 113 cm³/mol. The second-order valence-electron chi connectivity index (χ2n) is 6.10. The van der Waals surface area contributed by atoms with Gasteiger partial charge in [0, 0.05) is 35.5 Å². The molecule has 27 heavy (non-hydrogen) atoms. The Bertz CT molecular complexity index is 889. The summed E-state index contributed by atoms with van der Waals surface area (Å²) in [6.45, 7) is 2.92. The minimum absolute atomic E-state index is 0.0553. The summed E-state index contributed by atoms with van der Waals surface area (Å²) >= 11 is 2.85. The summed E-state index contributed by atoms with van der Waals surface area (Å²) in [5.74, 6) is -0.150. The molecule has 0 fully saturated rings. The lowest BCUT2D eigenvalue weighted by molar-refractivity contribution is 0.103. The quantitative estimate of drug-likeness (QED) is 0.491. The fourth-order valence-electron chi connectivity index (χ4n) is 2.71. The predicted octanol–water partition coefficient (Wildman–Crippen LogP) is 4.56. The molecule has 2 heterocycles. The zero-order valence-corrected chi connectivity index (χ0v) is 16.8. The fourth-order valence-corrected chi connectivity index (χ4v) is 4.29. The number of para-hydroxylation sites is 1. The molecule has 142 valence electrons. The zero-order chi connectivity index (χ0) is 19.1. The van der Waals surface area contributed by atoms with E-state index in [1.165, 1.54) is 28.2 Å². The number of aryl methyl sites for hydroxylation is 1. The van der Waals surface area contributed by atoms with Crippen LogP contribution in [0.4, 0.5) is 10.8 Å². The summed E-state index contributed by atoms with van der Waals surface area (Å²) in [4.78, 5) is 18.5. The van der Waals surface area contributed by atoms with Crippen LogP contribution in [0.15, 0.2) is 41.8 Å². The Labute approximate surface area is 167 Å². The van der Waals surface area contributed by atoms with E-state index in [0.717, 1.165) is 29.1 Å². The molecule has 7 heteroatoms. The molecule has 1 amide bonds. The Balaban J connectivity index is 1.58. The van der Waals surface area contributed by atoms with Crippen molar-refractivity contribution in [3.8, 4) is 0 Å². The number of aliphatic hydroxyl groups is 1. The molecular formula is C20H23N3O2S2. The van der Waals surface area contributed by atoms with Crippen molar-refractivity contribution in [2.45, 2.75) is 32.7 Å². The molecule has 0 saturated heterocycles. The van der Waals surface area contributed by atoms with Gasteiger partial charge in [-0.2, -0.15) is 0 Å². The lowest BCUT2D eigenvalue weighted by Gasteiger charge is -2.10. The third-order valence-corrected chi connectivity index (χ3v) is 5.91. The maximum Gasteiger partial charge on any atom is 0.267 e. The van der Waals surface area contributed by atoms with Crippen LogP contribution < -0.4 is 10.6 Å². The van der Waals surface area contributed by atoms with Gasteiger partial charge in [0.2, 0.25) is 0 Å². The normalized spacial score (nSPS) is 10.7. The van der Waals surface area contributed by atoms with E-state index >= 15 is 0 Å². The van der Waals surface area contributed by atoms with Crippen LogP contribution >= 0.6 is 22.7 Å². The Hall–Kier alpha value is -2.22. The number of aliphatic hydroxyl groups excluding tert-OH is 1. The highest BCUT2D eigenvalue weighted by atomic mass is 32.1. The SMILES string of the molecule is CCCc1ccccc1NCc1ccc(C(=O)Nc2nc(CCO)cs2)s1. The molecule has 0 saturated carbocycles. The minimum atomic E-state index is -0.150. The van der Waals surface area contributed by atoms with Gasteiger partial charge < -0.3 is 10.4 Å². The summed E-state index contributed by atoms with van der Waals surface area (Å²) in [5.41, 5.74) is 3.26. The van der Waals surface area contributed by atoms with Crippen LogP contribution in [0.1, 0.15) is 39.2 Å². The molecule has 3 aromatic rings. The Morgan fingerprint density at radius 3 is 2.85 bits per heavy atom. The Morgan fingerprint density at radius 1 is 1.19 bits per heavy atom. The summed E-state index contributed by atoms with van der Waals surface area (Å²) in [6, 6.07) is 12.2. The first kappa shape index (κ1) is 19.5.